The minimum atomic E-state index is -0.902. The van der Waals surface area contributed by atoms with Gasteiger partial charge in [-0.3, -0.25) is 9.36 Å². The Morgan fingerprint density at radius 1 is 1.33 bits per heavy atom. The van der Waals surface area contributed by atoms with Gasteiger partial charge in [-0.05, 0) is 12.5 Å². The standard InChI is InChI=1S/C16H16N4O3S/c1-10(12-6-4-3-5-7-12)20-15(13-8-23-11(2)17-13)18-19-16(20)24-9-14(21)22/h3-8,10H,9H2,1-2H3,(H,21,22)/t10-/m1/s1. The first-order valence-electron chi connectivity index (χ1n) is 7.33. The molecule has 7 nitrogen and oxygen atoms in total. The van der Waals surface area contributed by atoms with Gasteiger partial charge in [0.1, 0.15) is 12.0 Å². The Bertz CT molecular complexity index is 844. The second-order valence-corrected chi connectivity index (χ2v) is 6.14. The van der Waals surface area contributed by atoms with Crippen LogP contribution in [-0.4, -0.2) is 36.6 Å². The fourth-order valence-electron chi connectivity index (χ4n) is 2.37. The number of oxazole rings is 1. The van der Waals surface area contributed by atoms with Gasteiger partial charge in [-0.2, -0.15) is 0 Å². The molecule has 0 radical (unpaired) electrons. The lowest BCUT2D eigenvalue weighted by Crippen LogP contribution is -2.11. The van der Waals surface area contributed by atoms with Crippen molar-refractivity contribution in [2.45, 2.75) is 25.0 Å². The number of carboxylic acid groups (broad SMARTS) is 1. The van der Waals surface area contributed by atoms with Gasteiger partial charge in [-0.1, -0.05) is 42.1 Å². The van der Waals surface area contributed by atoms with E-state index in [0.29, 0.717) is 22.6 Å². The minimum Gasteiger partial charge on any atom is -0.481 e. The number of benzene rings is 1. The molecular formula is C16H16N4O3S. The van der Waals surface area contributed by atoms with E-state index in [0.717, 1.165) is 17.3 Å². The molecule has 0 spiro atoms. The van der Waals surface area contributed by atoms with Crippen molar-refractivity contribution in [2.75, 3.05) is 5.75 Å². The van der Waals surface area contributed by atoms with Gasteiger partial charge in [-0.25, -0.2) is 4.98 Å². The van der Waals surface area contributed by atoms with Gasteiger partial charge in [0.15, 0.2) is 16.9 Å². The van der Waals surface area contributed by atoms with Crippen molar-refractivity contribution in [2.24, 2.45) is 0 Å². The number of thioether (sulfide) groups is 1. The Morgan fingerprint density at radius 3 is 2.71 bits per heavy atom. The van der Waals surface area contributed by atoms with Crippen LogP contribution in [0.4, 0.5) is 0 Å². The predicted molar refractivity (Wildman–Crippen MR) is 88.9 cm³/mol. The smallest absolute Gasteiger partial charge is 0.313 e. The van der Waals surface area contributed by atoms with E-state index >= 15 is 0 Å². The third-order valence-electron chi connectivity index (χ3n) is 3.51. The summed E-state index contributed by atoms with van der Waals surface area (Å²) in [7, 11) is 0. The van der Waals surface area contributed by atoms with E-state index < -0.39 is 5.97 Å². The van der Waals surface area contributed by atoms with E-state index in [2.05, 4.69) is 15.2 Å². The zero-order valence-corrected chi connectivity index (χ0v) is 14.0. The predicted octanol–water partition coefficient (Wildman–Crippen LogP) is 3.03. The van der Waals surface area contributed by atoms with E-state index in [1.165, 1.54) is 6.26 Å². The average molecular weight is 344 g/mol. The fourth-order valence-corrected chi connectivity index (χ4v) is 3.11. The van der Waals surface area contributed by atoms with Crippen molar-refractivity contribution < 1.29 is 14.3 Å². The van der Waals surface area contributed by atoms with E-state index in [1.54, 1.807) is 6.92 Å². The molecule has 0 amide bonds. The lowest BCUT2D eigenvalue weighted by molar-refractivity contribution is -0.133. The second kappa shape index (κ2) is 6.88. The fraction of sp³-hybridized carbons (Fsp3) is 0.250. The molecule has 24 heavy (non-hydrogen) atoms. The number of carbonyl (C=O) groups is 1. The molecule has 0 aliphatic heterocycles. The van der Waals surface area contributed by atoms with E-state index in [-0.39, 0.29) is 11.8 Å². The highest BCUT2D eigenvalue weighted by atomic mass is 32.2. The SMILES string of the molecule is Cc1nc(-c2nnc(SCC(=O)O)n2[C@H](C)c2ccccc2)co1. The highest BCUT2D eigenvalue weighted by molar-refractivity contribution is 7.99. The molecule has 1 atom stereocenters. The van der Waals surface area contributed by atoms with E-state index in [1.807, 2.05) is 41.8 Å². The monoisotopic (exact) mass is 344 g/mol. The number of hydrogen-bond acceptors (Lipinski definition) is 6. The molecule has 0 aliphatic rings. The summed E-state index contributed by atoms with van der Waals surface area (Å²) in [4.78, 5) is 15.2. The lowest BCUT2D eigenvalue weighted by atomic mass is 10.1. The molecule has 124 valence electrons. The molecular weight excluding hydrogens is 328 g/mol. The van der Waals surface area contributed by atoms with Crippen molar-refractivity contribution in [3.63, 3.8) is 0 Å². The molecule has 0 bridgehead atoms. The summed E-state index contributed by atoms with van der Waals surface area (Å²) in [6.07, 6.45) is 1.53. The molecule has 0 saturated heterocycles. The van der Waals surface area contributed by atoms with Crippen LogP contribution in [0.2, 0.25) is 0 Å². The summed E-state index contributed by atoms with van der Waals surface area (Å²) >= 11 is 1.13. The number of aromatic nitrogens is 4. The van der Waals surface area contributed by atoms with Crippen molar-refractivity contribution in [1.82, 2.24) is 19.7 Å². The highest BCUT2D eigenvalue weighted by Crippen LogP contribution is 2.30. The Morgan fingerprint density at radius 2 is 2.08 bits per heavy atom. The van der Waals surface area contributed by atoms with Crippen molar-refractivity contribution in [3.05, 3.63) is 48.0 Å². The number of carboxylic acids is 1. The van der Waals surface area contributed by atoms with Crippen LogP contribution in [0.25, 0.3) is 11.5 Å². The molecule has 3 rings (SSSR count). The molecule has 0 aliphatic carbocycles. The molecule has 0 unspecified atom stereocenters. The first-order chi connectivity index (χ1) is 11.6. The van der Waals surface area contributed by atoms with Gasteiger partial charge in [0.05, 0.1) is 11.8 Å². The van der Waals surface area contributed by atoms with Gasteiger partial charge in [0, 0.05) is 6.92 Å². The second-order valence-electron chi connectivity index (χ2n) is 5.20. The van der Waals surface area contributed by atoms with Crippen LogP contribution in [0, 0.1) is 6.92 Å². The number of rotatable bonds is 6. The topological polar surface area (TPSA) is 94.0 Å². The van der Waals surface area contributed by atoms with Crippen LogP contribution in [0.3, 0.4) is 0 Å². The third kappa shape index (κ3) is 3.33. The van der Waals surface area contributed by atoms with E-state index in [9.17, 15) is 4.79 Å². The van der Waals surface area contributed by atoms with Crippen molar-refractivity contribution >= 4 is 17.7 Å². The van der Waals surface area contributed by atoms with Crippen LogP contribution in [-0.2, 0) is 4.79 Å². The Kier molecular flexibility index (Phi) is 4.66. The van der Waals surface area contributed by atoms with Crippen LogP contribution in [0.5, 0.6) is 0 Å². The van der Waals surface area contributed by atoms with Gasteiger partial charge in [0.2, 0.25) is 0 Å². The maximum absolute atomic E-state index is 10.9. The lowest BCUT2D eigenvalue weighted by Gasteiger charge is -2.17. The number of aliphatic carboxylic acids is 1. The number of aryl methyl sites for hydroxylation is 1. The van der Waals surface area contributed by atoms with Gasteiger partial charge < -0.3 is 9.52 Å². The molecule has 2 aromatic heterocycles. The summed E-state index contributed by atoms with van der Waals surface area (Å²) < 4.78 is 7.16. The Labute approximate surface area is 142 Å². The number of nitrogens with zero attached hydrogens (tertiary/aromatic N) is 4. The van der Waals surface area contributed by atoms with E-state index in [4.69, 9.17) is 9.52 Å². The number of hydrogen-bond donors (Lipinski definition) is 1. The maximum atomic E-state index is 10.9. The van der Waals surface area contributed by atoms with Gasteiger partial charge in [-0.15, -0.1) is 10.2 Å². The van der Waals surface area contributed by atoms with Crippen LogP contribution in [0.1, 0.15) is 24.4 Å². The molecule has 3 aromatic rings. The van der Waals surface area contributed by atoms with Gasteiger partial charge in [0.25, 0.3) is 0 Å². The van der Waals surface area contributed by atoms with Crippen LogP contribution in [0.15, 0.2) is 46.2 Å². The largest absolute Gasteiger partial charge is 0.481 e. The zero-order valence-electron chi connectivity index (χ0n) is 13.2. The summed E-state index contributed by atoms with van der Waals surface area (Å²) in [5.41, 5.74) is 1.64. The van der Waals surface area contributed by atoms with Crippen LogP contribution < -0.4 is 0 Å². The summed E-state index contributed by atoms with van der Waals surface area (Å²) in [5.74, 6) is 0.0980. The maximum Gasteiger partial charge on any atom is 0.313 e. The first kappa shape index (κ1) is 16.3. The Hall–Kier alpha value is -2.61. The molecule has 0 fully saturated rings. The quantitative estimate of drug-likeness (QED) is 0.687. The van der Waals surface area contributed by atoms with Crippen molar-refractivity contribution in [3.8, 4) is 11.5 Å². The average Bonchev–Trinajstić information content (AvgIpc) is 3.19. The molecule has 8 heteroatoms. The molecule has 1 aromatic carbocycles. The minimum absolute atomic E-state index is 0.0792. The molecule has 1 N–H and O–H groups in total. The van der Waals surface area contributed by atoms with Crippen LogP contribution >= 0.6 is 11.8 Å². The zero-order chi connectivity index (χ0) is 17.1. The Balaban J connectivity index is 2.05. The normalized spacial score (nSPS) is 12.2. The summed E-state index contributed by atoms with van der Waals surface area (Å²) in [6.45, 7) is 3.77. The van der Waals surface area contributed by atoms with Gasteiger partial charge >= 0.3 is 5.97 Å². The van der Waals surface area contributed by atoms with Crippen molar-refractivity contribution in [1.29, 1.82) is 0 Å². The molecule has 2 heterocycles. The third-order valence-corrected chi connectivity index (χ3v) is 4.43. The summed E-state index contributed by atoms with van der Waals surface area (Å²) in [5, 5.41) is 17.8. The molecule has 0 saturated carbocycles. The highest BCUT2D eigenvalue weighted by Gasteiger charge is 2.22. The summed E-state index contributed by atoms with van der Waals surface area (Å²) in [6, 6.07) is 9.80. The first-order valence-corrected chi connectivity index (χ1v) is 8.31.